The van der Waals surface area contributed by atoms with Crippen LogP contribution < -0.4 is 5.73 Å². The van der Waals surface area contributed by atoms with Crippen molar-refractivity contribution in [2.75, 3.05) is 6.54 Å². The Morgan fingerprint density at radius 1 is 1.15 bits per heavy atom. The summed E-state index contributed by atoms with van der Waals surface area (Å²) in [6, 6.07) is 6.45. The first kappa shape index (κ1) is 12.8. The molecule has 3 saturated carbocycles. The maximum Gasteiger partial charge on any atom is 0.123 e. The van der Waals surface area contributed by atoms with Crippen LogP contribution in [0.4, 0.5) is 4.39 Å². The molecule has 0 amide bonds. The van der Waals surface area contributed by atoms with E-state index >= 15 is 0 Å². The van der Waals surface area contributed by atoms with Crippen LogP contribution in [0.5, 0.6) is 0 Å². The van der Waals surface area contributed by atoms with Crippen molar-refractivity contribution in [3.8, 4) is 0 Å². The van der Waals surface area contributed by atoms with Gasteiger partial charge in [-0.1, -0.05) is 12.1 Å². The van der Waals surface area contributed by atoms with Crippen LogP contribution in [0.1, 0.15) is 30.7 Å². The maximum absolute atomic E-state index is 13.0. The standard InChI is InChI=1S/C17H22FNO/c18-12-5-3-9(4-6-12)13(8-19)17(20)16-14-10-1-2-11(7-10)15(14)16/h3-6,10-11,13-17,20H,1-2,7-8,19H2. The molecule has 3 N–H and O–H groups in total. The van der Waals surface area contributed by atoms with E-state index in [1.54, 1.807) is 12.1 Å². The van der Waals surface area contributed by atoms with E-state index < -0.39 is 0 Å². The summed E-state index contributed by atoms with van der Waals surface area (Å²) in [6.45, 7) is 0.429. The molecule has 1 aromatic carbocycles. The molecule has 0 heterocycles. The zero-order chi connectivity index (χ0) is 13.9. The van der Waals surface area contributed by atoms with Crippen LogP contribution in [-0.2, 0) is 0 Å². The molecule has 0 radical (unpaired) electrons. The molecule has 6 atom stereocenters. The van der Waals surface area contributed by atoms with E-state index in [-0.39, 0.29) is 17.8 Å². The topological polar surface area (TPSA) is 46.2 Å². The Kier molecular flexibility index (Phi) is 2.90. The summed E-state index contributed by atoms with van der Waals surface area (Å²) in [7, 11) is 0. The van der Waals surface area contributed by atoms with Crippen LogP contribution in [0.2, 0.25) is 0 Å². The largest absolute Gasteiger partial charge is 0.392 e. The molecule has 3 heteroatoms. The average molecular weight is 275 g/mol. The molecule has 0 aliphatic heterocycles. The predicted octanol–water partition coefficient (Wildman–Crippen LogP) is 2.52. The van der Waals surface area contributed by atoms with Crippen LogP contribution in [0, 0.1) is 35.4 Å². The fourth-order valence-corrected chi connectivity index (χ4v) is 5.30. The van der Waals surface area contributed by atoms with E-state index in [9.17, 15) is 9.50 Å². The van der Waals surface area contributed by atoms with Gasteiger partial charge in [0.15, 0.2) is 0 Å². The van der Waals surface area contributed by atoms with Crippen molar-refractivity contribution in [1.82, 2.24) is 0 Å². The van der Waals surface area contributed by atoms with Crippen molar-refractivity contribution in [2.45, 2.75) is 31.3 Å². The van der Waals surface area contributed by atoms with E-state index in [4.69, 9.17) is 5.73 Å². The zero-order valence-electron chi connectivity index (χ0n) is 11.6. The maximum atomic E-state index is 13.0. The van der Waals surface area contributed by atoms with Crippen LogP contribution in [0.15, 0.2) is 24.3 Å². The first-order valence-electron chi connectivity index (χ1n) is 7.84. The average Bonchev–Trinajstić information content (AvgIpc) is 2.90. The van der Waals surface area contributed by atoms with E-state index in [2.05, 4.69) is 0 Å². The molecule has 2 nitrogen and oxygen atoms in total. The monoisotopic (exact) mass is 275 g/mol. The first-order valence-corrected chi connectivity index (χ1v) is 7.84. The Bertz CT molecular complexity index is 486. The van der Waals surface area contributed by atoms with Gasteiger partial charge in [0.05, 0.1) is 6.10 Å². The second-order valence-corrected chi connectivity index (χ2v) is 6.95. The molecular weight excluding hydrogens is 253 g/mol. The second-order valence-electron chi connectivity index (χ2n) is 6.95. The number of benzene rings is 1. The van der Waals surface area contributed by atoms with Crippen molar-refractivity contribution in [2.24, 2.45) is 35.3 Å². The number of nitrogens with two attached hydrogens (primary N) is 1. The van der Waals surface area contributed by atoms with Crippen LogP contribution in [0.25, 0.3) is 0 Å². The molecule has 3 aliphatic carbocycles. The normalized spacial score (nSPS) is 40.5. The van der Waals surface area contributed by atoms with Crippen molar-refractivity contribution in [3.05, 3.63) is 35.6 Å². The van der Waals surface area contributed by atoms with Gasteiger partial charge in [0.25, 0.3) is 0 Å². The number of hydrogen-bond acceptors (Lipinski definition) is 2. The number of hydrogen-bond donors (Lipinski definition) is 2. The molecule has 0 spiro atoms. The minimum atomic E-state index is -0.358. The Balaban J connectivity index is 1.52. The van der Waals surface area contributed by atoms with Gasteiger partial charge in [-0.15, -0.1) is 0 Å². The minimum absolute atomic E-state index is 0.0504. The van der Waals surface area contributed by atoms with Gasteiger partial charge < -0.3 is 10.8 Å². The zero-order valence-corrected chi connectivity index (χ0v) is 11.6. The third-order valence-corrected chi connectivity index (χ3v) is 6.15. The first-order chi connectivity index (χ1) is 9.70. The molecule has 6 unspecified atom stereocenters. The van der Waals surface area contributed by atoms with E-state index in [0.29, 0.717) is 12.5 Å². The Labute approximate surface area is 119 Å². The molecule has 0 aromatic heterocycles. The summed E-state index contributed by atoms with van der Waals surface area (Å²) in [5, 5.41) is 10.8. The smallest absolute Gasteiger partial charge is 0.123 e. The van der Waals surface area contributed by atoms with Gasteiger partial charge in [0, 0.05) is 12.5 Å². The summed E-state index contributed by atoms with van der Waals surface area (Å²) >= 11 is 0. The molecule has 1 aromatic rings. The number of rotatable bonds is 4. The van der Waals surface area contributed by atoms with Crippen molar-refractivity contribution < 1.29 is 9.50 Å². The number of aliphatic hydroxyl groups is 1. The van der Waals surface area contributed by atoms with Gasteiger partial charge in [0.1, 0.15) is 5.82 Å². The van der Waals surface area contributed by atoms with Crippen molar-refractivity contribution in [1.29, 1.82) is 0 Å². The Morgan fingerprint density at radius 3 is 2.30 bits per heavy atom. The third kappa shape index (κ3) is 1.76. The molecule has 20 heavy (non-hydrogen) atoms. The molecule has 3 fully saturated rings. The summed E-state index contributed by atoms with van der Waals surface area (Å²) in [4.78, 5) is 0. The fraction of sp³-hybridized carbons (Fsp3) is 0.647. The fourth-order valence-electron chi connectivity index (χ4n) is 5.30. The summed E-state index contributed by atoms with van der Waals surface area (Å²) in [6.07, 6.45) is 3.75. The number of aliphatic hydroxyl groups excluding tert-OH is 1. The summed E-state index contributed by atoms with van der Waals surface area (Å²) in [5.41, 5.74) is 6.86. The Morgan fingerprint density at radius 2 is 1.75 bits per heavy atom. The van der Waals surface area contributed by atoms with Gasteiger partial charge in [-0.3, -0.25) is 0 Å². The number of fused-ring (bicyclic) bond motifs is 5. The van der Waals surface area contributed by atoms with E-state index in [1.165, 1.54) is 31.4 Å². The number of halogens is 1. The summed E-state index contributed by atoms with van der Waals surface area (Å²) < 4.78 is 13.0. The summed E-state index contributed by atoms with van der Waals surface area (Å²) in [5.74, 6) is 3.37. The van der Waals surface area contributed by atoms with Crippen molar-refractivity contribution in [3.63, 3.8) is 0 Å². The SMILES string of the molecule is NCC(c1ccc(F)cc1)C(O)C1C2C3CCC(C3)C21. The highest BCUT2D eigenvalue weighted by Gasteiger charge is 2.67. The highest BCUT2D eigenvalue weighted by atomic mass is 19.1. The highest BCUT2D eigenvalue weighted by Crippen LogP contribution is 2.71. The lowest BCUT2D eigenvalue weighted by molar-refractivity contribution is 0.102. The van der Waals surface area contributed by atoms with Crippen LogP contribution in [0.3, 0.4) is 0 Å². The second kappa shape index (κ2) is 4.54. The van der Waals surface area contributed by atoms with Gasteiger partial charge in [-0.2, -0.15) is 0 Å². The quantitative estimate of drug-likeness (QED) is 0.887. The lowest BCUT2D eigenvalue weighted by atomic mass is 9.87. The van der Waals surface area contributed by atoms with Gasteiger partial charge in [-0.25, -0.2) is 4.39 Å². The van der Waals surface area contributed by atoms with Gasteiger partial charge >= 0.3 is 0 Å². The lowest BCUT2D eigenvalue weighted by Gasteiger charge is -2.24. The third-order valence-electron chi connectivity index (χ3n) is 6.15. The molecule has 3 aliphatic rings. The lowest BCUT2D eigenvalue weighted by Crippen LogP contribution is -2.29. The molecule has 4 rings (SSSR count). The molecular formula is C17H22FNO. The van der Waals surface area contributed by atoms with Crippen LogP contribution in [-0.4, -0.2) is 17.8 Å². The predicted molar refractivity (Wildman–Crippen MR) is 75.5 cm³/mol. The van der Waals surface area contributed by atoms with Crippen LogP contribution >= 0.6 is 0 Å². The van der Waals surface area contributed by atoms with E-state index in [1.807, 2.05) is 0 Å². The van der Waals surface area contributed by atoms with Gasteiger partial charge in [-0.05, 0) is 66.5 Å². The van der Waals surface area contributed by atoms with Gasteiger partial charge in [0.2, 0.25) is 0 Å². The van der Waals surface area contributed by atoms with Crippen molar-refractivity contribution >= 4 is 0 Å². The van der Waals surface area contributed by atoms with E-state index in [0.717, 1.165) is 29.2 Å². The molecule has 108 valence electrons. The molecule has 0 saturated heterocycles. The molecule has 2 bridgehead atoms. The Hall–Kier alpha value is -0.930. The highest BCUT2D eigenvalue weighted by molar-refractivity contribution is 5.25. The minimum Gasteiger partial charge on any atom is -0.392 e.